The molecule has 0 spiro atoms. The fraction of sp³-hybridized carbons (Fsp3) is 0.511. The molecule has 0 bridgehead atoms. The molecule has 718 valence electrons. The number of anilines is 12. The molecule has 0 amide bonds. The number of aliphatic hydroxyl groups excluding tert-OH is 5. The normalized spacial score (nSPS) is 14.4. The summed E-state index contributed by atoms with van der Waals surface area (Å²) < 4.78 is 104. The standard InChI is InChI=1S/C17H24FN5O.C15H23N5O.C14H18F3N5O.C14H19F2N5O.2C14H20FN5O/c1-3-4-6-13(12(10-18)9-11(2)24)21-16-15-14(7-5-8-20-15)22-17(19)23-16;1-4-5-8-15(3,10(2)21)20-13-12-11(7-6-9-17-12)18-14(16)19-13;1-2-3-5-9(11(23)14(15,16)17)20-12-10-8(6-4-7-19-10)21-13(18)22-12;1-2-3-5-9(11(22)12(15)16)19-13-10-8(6-4-7-18-10)20-14(17)21-13;1-3-4-5-10(8(2)21)18-13-12-11(19-14(16)20-13)6-9(15)7-17-12;1-2-3-5-9(11(21)8-15)18-13-12-10(6-4-7-17-12)19-14(16)20-13/h5,7-8,12-13H,3-4,6,9-10H2,1-2H3,(H3,19,21,22,23);6-7,9-10,21H,4-5,8H2,1-3H3,(H3,16,18,19,20);4,6-7,9,11,23H,2-3,5H2,1H3,(H3,18,20,21,22);4,6-7,9,11-12,22H,2-3,5H2,1H3,(H3,17,19,20,21);6-8,10,21H,3-5H2,1-2H3,(H3,16,18,19,20);4,6-7,9,11,21H,2-3,5,8H2,1H3,(H3,16,18,19,20)/t12?,13-;10?,15-;9-,11-;9-,11?;8-,10+;9-,11?/m101101/s1. The third kappa shape index (κ3) is 32.5. The molecular formula is C88H124F8N30O6. The highest BCUT2D eigenvalue weighted by atomic mass is 19.4. The third-order valence-electron chi connectivity index (χ3n) is 21.1. The number of carbonyl (C=O) groups excluding carboxylic acids is 1. The number of alkyl halides is 7. The number of hydrogen-bond acceptors (Lipinski definition) is 36. The molecule has 0 aliphatic carbocycles. The van der Waals surface area contributed by atoms with Crippen molar-refractivity contribution < 1.29 is 65.5 Å². The average molecular weight is 1850 g/mol. The van der Waals surface area contributed by atoms with Crippen LogP contribution in [0.4, 0.5) is 106 Å². The largest absolute Gasteiger partial charge is 0.416 e. The fourth-order valence-electron chi connectivity index (χ4n) is 13.8. The van der Waals surface area contributed by atoms with Crippen LogP contribution in [0.15, 0.2) is 104 Å². The Labute approximate surface area is 759 Å². The van der Waals surface area contributed by atoms with E-state index in [1.54, 1.807) is 87.2 Å². The molecule has 44 heteroatoms. The number of aromatic nitrogens is 18. The number of fused-ring (bicyclic) bond motifs is 6. The first-order chi connectivity index (χ1) is 63.0. The molecule has 0 radical (unpaired) electrons. The molecule has 0 aliphatic heterocycles. The number of halogens is 8. The Kier molecular flexibility index (Phi) is 42.8. The number of nitrogens with zero attached hydrogens (tertiary/aromatic N) is 18. The molecule has 0 aromatic carbocycles. The number of hydrogen-bond donors (Lipinski definition) is 17. The first-order valence-corrected chi connectivity index (χ1v) is 44.0. The highest BCUT2D eigenvalue weighted by Crippen LogP contribution is 2.33. The summed E-state index contributed by atoms with van der Waals surface area (Å²) >= 11 is 0. The van der Waals surface area contributed by atoms with Crippen molar-refractivity contribution in [3.63, 3.8) is 0 Å². The first kappa shape index (κ1) is 106. The second kappa shape index (κ2) is 53.1. The Morgan fingerprint density at radius 1 is 0.417 bits per heavy atom. The molecule has 0 fully saturated rings. The van der Waals surface area contributed by atoms with Gasteiger partial charge < -0.3 is 96.6 Å². The number of rotatable bonds is 41. The van der Waals surface area contributed by atoms with Crippen LogP contribution in [0.2, 0.25) is 0 Å². The molecule has 4 unspecified atom stereocenters. The quantitative estimate of drug-likeness (QED) is 0.0158. The van der Waals surface area contributed by atoms with E-state index in [9.17, 15) is 65.5 Å². The minimum atomic E-state index is -4.73. The van der Waals surface area contributed by atoms with E-state index in [1.165, 1.54) is 19.2 Å². The van der Waals surface area contributed by atoms with E-state index in [1.807, 2.05) is 39.8 Å². The monoisotopic (exact) mass is 1850 g/mol. The maximum atomic E-state index is 13.5. The van der Waals surface area contributed by atoms with Crippen molar-refractivity contribution in [2.45, 2.75) is 270 Å². The van der Waals surface area contributed by atoms with E-state index in [0.717, 1.165) is 83.2 Å². The molecule has 12 rings (SSSR count). The lowest BCUT2D eigenvalue weighted by atomic mass is 9.89. The van der Waals surface area contributed by atoms with Crippen LogP contribution in [0.1, 0.15) is 191 Å². The van der Waals surface area contributed by atoms with Crippen LogP contribution in [0.3, 0.4) is 0 Å². The first-order valence-electron chi connectivity index (χ1n) is 44.0. The number of ketones is 1. The summed E-state index contributed by atoms with van der Waals surface area (Å²) in [5.41, 5.74) is 39.8. The zero-order valence-electron chi connectivity index (χ0n) is 75.8. The van der Waals surface area contributed by atoms with Crippen molar-refractivity contribution in [3.05, 3.63) is 110 Å². The molecule has 12 atom stereocenters. The highest BCUT2D eigenvalue weighted by molar-refractivity contribution is 5.90. The molecule has 12 aromatic rings. The smallest absolute Gasteiger partial charge is 0.391 e. The average Bonchev–Trinajstić information content (AvgIpc) is 0.811. The van der Waals surface area contributed by atoms with Gasteiger partial charge in [0.05, 0.1) is 87.9 Å². The van der Waals surface area contributed by atoms with Gasteiger partial charge in [0.15, 0.2) is 41.0 Å². The summed E-state index contributed by atoms with van der Waals surface area (Å²) in [4.78, 5) is 85.6. The van der Waals surface area contributed by atoms with Crippen LogP contribution in [-0.4, -0.2) is 213 Å². The van der Waals surface area contributed by atoms with Gasteiger partial charge in [-0.3, -0.25) is 29.3 Å². The molecule has 0 saturated heterocycles. The molecular weight excluding hydrogens is 1730 g/mol. The minimum absolute atomic E-state index is 0.0174. The summed E-state index contributed by atoms with van der Waals surface area (Å²) in [6.07, 6.45) is 9.40. The van der Waals surface area contributed by atoms with Gasteiger partial charge in [-0.25, -0.2) is 52.4 Å². The van der Waals surface area contributed by atoms with Gasteiger partial charge >= 0.3 is 6.18 Å². The molecule has 23 N–H and O–H groups in total. The molecule has 12 heterocycles. The number of pyridine rings is 6. The van der Waals surface area contributed by atoms with E-state index in [0.29, 0.717) is 122 Å². The Morgan fingerprint density at radius 2 is 0.727 bits per heavy atom. The summed E-state index contributed by atoms with van der Waals surface area (Å²) in [5.74, 6) is 1.75. The predicted molar refractivity (Wildman–Crippen MR) is 501 cm³/mol. The van der Waals surface area contributed by atoms with Gasteiger partial charge in [0.25, 0.3) is 6.43 Å². The van der Waals surface area contributed by atoms with Crippen LogP contribution in [0, 0.1) is 11.7 Å². The van der Waals surface area contributed by atoms with Crippen LogP contribution < -0.4 is 66.3 Å². The number of Topliss-reactive ketones (excluding diaryl/α,β-unsaturated/α-hetero) is 1. The van der Waals surface area contributed by atoms with Crippen molar-refractivity contribution in [2.24, 2.45) is 5.92 Å². The van der Waals surface area contributed by atoms with Gasteiger partial charge in [0.1, 0.15) is 63.6 Å². The van der Waals surface area contributed by atoms with Gasteiger partial charge in [0.2, 0.25) is 35.7 Å². The van der Waals surface area contributed by atoms with Crippen molar-refractivity contribution in [1.82, 2.24) is 89.7 Å². The van der Waals surface area contributed by atoms with Crippen molar-refractivity contribution >= 4 is 143 Å². The fourth-order valence-corrected chi connectivity index (χ4v) is 13.8. The maximum Gasteiger partial charge on any atom is 0.416 e. The van der Waals surface area contributed by atoms with E-state index >= 15 is 0 Å². The molecule has 0 aliphatic rings. The van der Waals surface area contributed by atoms with E-state index in [-0.39, 0.29) is 78.0 Å². The molecule has 12 aromatic heterocycles. The zero-order valence-corrected chi connectivity index (χ0v) is 75.8. The van der Waals surface area contributed by atoms with Gasteiger partial charge in [-0.2, -0.15) is 43.1 Å². The maximum absolute atomic E-state index is 13.5. The Hall–Kier alpha value is -12.6. The third-order valence-corrected chi connectivity index (χ3v) is 21.1. The van der Waals surface area contributed by atoms with Crippen molar-refractivity contribution in [3.8, 4) is 0 Å². The Bertz CT molecular complexity index is 5540. The number of nitrogens with one attached hydrogen (secondary N) is 6. The second-order valence-corrected chi connectivity index (χ2v) is 31.8. The van der Waals surface area contributed by atoms with Gasteiger partial charge in [-0.15, -0.1) is 0 Å². The zero-order chi connectivity index (χ0) is 96.8. The van der Waals surface area contributed by atoms with Gasteiger partial charge in [-0.05, 0) is 127 Å². The topological polar surface area (TPSA) is 579 Å². The summed E-state index contributed by atoms with van der Waals surface area (Å²) in [6, 6.07) is 15.8. The van der Waals surface area contributed by atoms with Crippen LogP contribution in [-0.2, 0) is 4.79 Å². The van der Waals surface area contributed by atoms with Crippen molar-refractivity contribution in [2.75, 3.05) is 79.7 Å². The second-order valence-electron chi connectivity index (χ2n) is 31.8. The molecule has 0 saturated carbocycles. The highest BCUT2D eigenvalue weighted by Gasteiger charge is 2.44. The van der Waals surface area contributed by atoms with Crippen LogP contribution >= 0.6 is 0 Å². The van der Waals surface area contributed by atoms with Crippen LogP contribution in [0.5, 0.6) is 0 Å². The summed E-state index contributed by atoms with van der Waals surface area (Å²) in [6.45, 7) is 17.7. The van der Waals surface area contributed by atoms with Gasteiger partial charge in [0, 0.05) is 55.4 Å². The lowest BCUT2D eigenvalue weighted by molar-refractivity contribution is -0.208. The lowest BCUT2D eigenvalue weighted by Gasteiger charge is -2.34. The Balaban J connectivity index is 0.000000217. The van der Waals surface area contributed by atoms with E-state index in [2.05, 4.69) is 142 Å². The Morgan fingerprint density at radius 3 is 1.07 bits per heavy atom. The SMILES string of the molecule is CCCC[C@@H](Nc1nc(N)nc2cc(F)cnc12)[C@H](C)O.CCCC[C@@H](Nc1nc(N)nc2cccnc12)C(CF)CC(C)=O.CCCC[C@@H](Nc1nc(N)nc2cccnc12)C(O)C(F)F.CCCC[C@@H](Nc1nc(N)nc2cccnc12)C(O)CF.CCCC[C@@H](Nc1nc(N)nc2cccnc12)[C@@H](O)C(F)(F)F.CCCC[C@](C)(Nc1nc(N)nc2cccnc12)C(C)O. The molecule has 36 nitrogen and oxygen atoms in total. The van der Waals surface area contributed by atoms with Crippen LogP contribution in [0.25, 0.3) is 66.2 Å². The van der Waals surface area contributed by atoms with E-state index in [4.69, 9.17) is 34.4 Å². The number of nitrogen functional groups attached to an aromatic ring is 6. The van der Waals surface area contributed by atoms with Crippen molar-refractivity contribution in [1.29, 1.82) is 0 Å². The predicted octanol–water partition coefficient (Wildman–Crippen LogP) is 14.2. The minimum Gasteiger partial charge on any atom is -0.391 e. The summed E-state index contributed by atoms with van der Waals surface area (Å²) in [7, 11) is 0. The number of unbranched alkanes of at least 4 members (excludes halogenated alkanes) is 6. The van der Waals surface area contributed by atoms with Gasteiger partial charge in [-0.1, -0.05) is 119 Å². The summed E-state index contributed by atoms with van der Waals surface area (Å²) in [5, 5.41) is 67.4. The molecule has 132 heavy (non-hydrogen) atoms. The van der Waals surface area contributed by atoms with E-state index < -0.39 is 91.9 Å². The number of carbonyl (C=O) groups is 1. The number of nitrogens with two attached hydrogens (primary N) is 6. The number of aliphatic hydroxyl groups is 5. The lowest BCUT2D eigenvalue weighted by Crippen LogP contribution is -2.45.